The quantitative estimate of drug-likeness (QED) is 0.293. The van der Waals surface area contributed by atoms with Gasteiger partial charge in [0.05, 0.1) is 41.7 Å². The second-order valence-electron chi connectivity index (χ2n) is 8.90. The average molecular weight is 551 g/mol. The molecular weight excluding hydrogens is 520 g/mol. The molecule has 1 aliphatic rings. The fourth-order valence-corrected chi connectivity index (χ4v) is 5.71. The van der Waals surface area contributed by atoms with Crippen molar-refractivity contribution in [1.82, 2.24) is 24.8 Å². The van der Waals surface area contributed by atoms with Crippen LogP contribution in [-0.2, 0) is 9.47 Å². The number of nitrogens with zero attached hydrogens (tertiary/aromatic N) is 6. The van der Waals surface area contributed by atoms with Crippen LogP contribution in [-0.4, -0.2) is 82.5 Å². The minimum absolute atomic E-state index is 0.0473. The SMILES string of the molecule is CCOC(=O)c1cnc(N(C)C(c2cc3ncncc3s2)N2CCOC(c3cccc(OCCO)c3)C2)nc1. The van der Waals surface area contributed by atoms with Crippen LogP contribution in [0.5, 0.6) is 5.75 Å². The zero-order valence-electron chi connectivity index (χ0n) is 21.8. The van der Waals surface area contributed by atoms with Crippen molar-refractivity contribution in [1.29, 1.82) is 0 Å². The van der Waals surface area contributed by atoms with Crippen LogP contribution in [0.15, 0.2) is 55.2 Å². The summed E-state index contributed by atoms with van der Waals surface area (Å²) in [5.74, 6) is 0.709. The summed E-state index contributed by atoms with van der Waals surface area (Å²) >= 11 is 1.62. The van der Waals surface area contributed by atoms with Gasteiger partial charge in [0, 0.05) is 43.6 Å². The van der Waals surface area contributed by atoms with Crippen LogP contribution in [0.3, 0.4) is 0 Å². The number of fused-ring (bicyclic) bond motifs is 1. The molecule has 3 aromatic heterocycles. The number of morpholine rings is 1. The van der Waals surface area contributed by atoms with E-state index in [0.29, 0.717) is 37.0 Å². The van der Waals surface area contributed by atoms with Crippen molar-refractivity contribution in [3.8, 4) is 5.75 Å². The maximum atomic E-state index is 12.1. The lowest BCUT2D eigenvalue weighted by Gasteiger charge is -2.41. The summed E-state index contributed by atoms with van der Waals surface area (Å²) in [4.78, 5) is 35.1. The van der Waals surface area contributed by atoms with Gasteiger partial charge in [-0.3, -0.25) is 4.90 Å². The number of aliphatic hydroxyl groups is 1. The molecule has 1 aliphatic heterocycles. The van der Waals surface area contributed by atoms with Crippen molar-refractivity contribution >= 4 is 33.5 Å². The van der Waals surface area contributed by atoms with Crippen molar-refractivity contribution in [3.05, 3.63) is 71.3 Å². The number of carbonyl (C=O) groups excluding carboxylic acids is 1. The summed E-state index contributed by atoms with van der Waals surface area (Å²) in [6.45, 7) is 4.06. The van der Waals surface area contributed by atoms with E-state index in [9.17, 15) is 4.79 Å². The molecule has 0 amide bonds. The first kappa shape index (κ1) is 26.9. The molecule has 0 radical (unpaired) electrons. The minimum Gasteiger partial charge on any atom is -0.491 e. The zero-order valence-corrected chi connectivity index (χ0v) is 22.6. The summed E-state index contributed by atoms with van der Waals surface area (Å²) in [5.41, 5.74) is 2.17. The van der Waals surface area contributed by atoms with Crippen LogP contribution in [0, 0.1) is 0 Å². The van der Waals surface area contributed by atoms with E-state index in [0.717, 1.165) is 20.7 Å². The van der Waals surface area contributed by atoms with Gasteiger partial charge in [0.2, 0.25) is 5.95 Å². The third kappa shape index (κ3) is 6.14. The number of anilines is 1. The number of benzene rings is 1. The number of esters is 1. The van der Waals surface area contributed by atoms with E-state index in [1.807, 2.05) is 42.4 Å². The average Bonchev–Trinajstić information content (AvgIpc) is 3.40. The van der Waals surface area contributed by atoms with E-state index in [1.54, 1.807) is 24.6 Å². The fraction of sp³-hybridized carbons (Fsp3) is 0.370. The Morgan fingerprint density at radius 2 is 2.10 bits per heavy atom. The van der Waals surface area contributed by atoms with Gasteiger partial charge in [-0.1, -0.05) is 12.1 Å². The van der Waals surface area contributed by atoms with E-state index in [1.165, 1.54) is 12.4 Å². The number of carbonyl (C=O) groups is 1. The number of aromatic nitrogens is 4. The lowest BCUT2D eigenvalue weighted by atomic mass is 10.1. The fourth-order valence-electron chi connectivity index (χ4n) is 4.54. The molecule has 0 saturated carbocycles. The number of hydrogen-bond acceptors (Lipinski definition) is 12. The van der Waals surface area contributed by atoms with Gasteiger partial charge < -0.3 is 24.2 Å². The van der Waals surface area contributed by atoms with E-state index >= 15 is 0 Å². The molecule has 0 aliphatic carbocycles. The molecule has 2 unspecified atom stereocenters. The molecule has 4 aromatic rings. The lowest BCUT2D eigenvalue weighted by Crippen LogP contribution is -2.46. The smallest absolute Gasteiger partial charge is 0.341 e. The first-order chi connectivity index (χ1) is 19.1. The summed E-state index contributed by atoms with van der Waals surface area (Å²) < 4.78 is 17.9. The first-order valence-electron chi connectivity index (χ1n) is 12.7. The van der Waals surface area contributed by atoms with Crippen LogP contribution < -0.4 is 9.64 Å². The number of ether oxygens (including phenoxy) is 3. The van der Waals surface area contributed by atoms with Crippen LogP contribution in [0.4, 0.5) is 5.95 Å². The second kappa shape index (κ2) is 12.4. The van der Waals surface area contributed by atoms with Crippen molar-refractivity contribution < 1.29 is 24.1 Å². The van der Waals surface area contributed by atoms with Gasteiger partial charge in [0.25, 0.3) is 0 Å². The Kier molecular flexibility index (Phi) is 8.57. The molecule has 11 nitrogen and oxygen atoms in total. The van der Waals surface area contributed by atoms with Crippen molar-refractivity contribution in [2.24, 2.45) is 0 Å². The van der Waals surface area contributed by atoms with Gasteiger partial charge in [0.15, 0.2) is 0 Å². The molecule has 1 fully saturated rings. The molecule has 39 heavy (non-hydrogen) atoms. The minimum atomic E-state index is -0.451. The van der Waals surface area contributed by atoms with Crippen LogP contribution in [0.1, 0.15) is 40.0 Å². The van der Waals surface area contributed by atoms with Gasteiger partial charge in [0.1, 0.15) is 24.8 Å². The topological polar surface area (TPSA) is 123 Å². The summed E-state index contributed by atoms with van der Waals surface area (Å²) in [6.07, 6.45) is 5.93. The Balaban J connectivity index is 1.45. The van der Waals surface area contributed by atoms with Crippen molar-refractivity contribution in [2.45, 2.75) is 19.2 Å². The van der Waals surface area contributed by atoms with Gasteiger partial charge in [-0.25, -0.2) is 24.7 Å². The number of hydrogen-bond donors (Lipinski definition) is 1. The van der Waals surface area contributed by atoms with Crippen LogP contribution >= 0.6 is 11.3 Å². The van der Waals surface area contributed by atoms with Crippen LogP contribution in [0.25, 0.3) is 10.2 Å². The maximum Gasteiger partial charge on any atom is 0.341 e. The van der Waals surface area contributed by atoms with E-state index in [2.05, 4.69) is 30.9 Å². The molecule has 0 bridgehead atoms. The highest BCUT2D eigenvalue weighted by atomic mass is 32.1. The Morgan fingerprint density at radius 1 is 1.26 bits per heavy atom. The van der Waals surface area contributed by atoms with Gasteiger partial charge in [-0.15, -0.1) is 11.3 Å². The van der Waals surface area contributed by atoms with E-state index in [-0.39, 0.29) is 32.1 Å². The predicted octanol–water partition coefficient (Wildman–Crippen LogP) is 3.24. The second-order valence-corrected chi connectivity index (χ2v) is 10.0. The maximum absolute atomic E-state index is 12.1. The van der Waals surface area contributed by atoms with Gasteiger partial charge >= 0.3 is 5.97 Å². The number of aliphatic hydroxyl groups excluding tert-OH is 1. The monoisotopic (exact) mass is 550 g/mol. The third-order valence-electron chi connectivity index (χ3n) is 6.33. The summed E-state index contributed by atoms with van der Waals surface area (Å²) in [5, 5.41) is 9.11. The Hall–Kier alpha value is -3.71. The van der Waals surface area contributed by atoms with Crippen LogP contribution in [0.2, 0.25) is 0 Å². The Labute approximate surface area is 230 Å². The molecule has 204 valence electrons. The molecule has 1 N–H and O–H groups in total. The molecule has 1 aromatic carbocycles. The lowest BCUT2D eigenvalue weighted by molar-refractivity contribution is -0.0452. The highest BCUT2D eigenvalue weighted by Gasteiger charge is 2.33. The first-order valence-corrected chi connectivity index (χ1v) is 13.5. The summed E-state index contributed by atoms with van der Waals surface area (Å²) in [7, 11) is 1.94. The van der Waals surface area contributed by atoms with Gasteiger partial charge in [-0.2, -0.15) is 0 Å². The molecular formula is C27H30N6O5S. The van der Waals surface area contributed by atoms with Crippen molar-refractivity contribution in [3.63, 3.8) is 0 Å². The number of rotatable bonds is 10. The normalized spacial score (nSPS) is 16.6. The molecule has 0 spiro atoms. The van der Waals surface area contributed by atoms with E-state index < -0.39 is 5.97 Å². The molecule has 5 rings (SSSR count). The molecule has 1 saturated heterocycles. The highest BCUT2D eigenvalue weighted by molar-refractivity contribution is 7.19. The third-order valence-corrected chi connectivity index (χ3v) is 7.43. The Morgan fingerprint density at radius 3 is 2.87 bits per heavy atom. The largest absolute Gasteiger partial charge is 0.491 e. The summed E-state index contributed by atoms with van der Waals surface area (Å²) in [6, 6.07) is 9.84. The van der Waals surface area contributed by atoms with Gasteiger partial charge in [-0.05, 0) is 30.7 Å². The molecule has 12 heteroatoms. The Bertz CT molecular complexity index is 1370. The zero-order chi connectivity index (χ0) is 27.2. The molecule has 4 heterocycles. The van der Waals surface area contributed by atoms with Crippen molar-refractivity contribution in [2.75, 3.05) is 51.5 Å². The molecule has 2 atom stereocenters. The van der Waals surface area contributed by atoms with E-state index in [4.69, 9.17) is 19.3 Å². The standard InChI is InChI=1S/C27H30N6O5S/c1-3-36-26(35)19-13-29-27(30-14-19)32(2)25(23-12-21-24(39-23)15-28-17-31-21)33-7-9-38-22(16-33)18-5-4-6-20(11-18)37-10-8-34/h4-6,11-15,17,22,25,34H,3,7-10,16H2,1-2H3. The highest BCUT2D eigenvalue weighted by Crippen LogP contribution is 2.37. The predicted molar refractivity (Wildman–Crippen MR) is 146 cm³/mol. The number of thiophene rings is 1.